The lowest BCUT2D eigenvalue weighted by atomic mass is 9.94. The van der Waals surface area contributed by atoms with Crippen molar-refractivity contribution < 1.29 is 4.79 Å². The van der Waals surface area contributed by atoms with E-state index in [9.17, 15) is 4.79 Å². The Labute approximate surface area is 84.0 Å². The van der Waals surface area contributed by atoms with E-state index in [2.05, 4.69) is 17.5 Å². The Morgan fingerprint density at radius 1 is 1.46 bits per heavy atom. The third-order valence-corrected chi connectivity index (χ3v) is 4.35. The normalized spacial score (nSPS) is 29.7. The van der Waals surface area contributed by atoms with Crippen LogP contribution in [-0.4, -0.2) is 11.2 Å². The fourth-order valence-corrected chi connectivity index (χ4v) is 3.63. The monoisotopic (exact) mass is 209 g/mol. The standard InChI is InChI=1S/C9H7NOS2/c11-8-7-5(1-3-12-7)6-2-4-13-9(6)10-8/h1-5,7H,(H,10,11). The molecule has 1 N–H and O–H groups in total. The molecule has 3 heterocycles. The number of allylic oxidation sites excluding steroid dienone is 1. The van der Waals surface area contributed by atoms with E-state index >= 15 is 0 Å². The van der Waals surface area contributed by atoms with Crippen molar-refractivity contribution in [3.8, 4) is 0 Å². The van der Waals surface area contributed by atoms with Gasteiger partial charge in [0.2, 0.25) is 5.91 Å². The molecule has 4 heteroatoms. The number of amides is 1. The third-order valence-electron chi connectivity index (χ3n) is 2.39. The average molecular weight is 209 g/mol. The van der Waals surface area contributed by atoms with Crippen LogP contribution in [0, 0.1) is 0 Å². The Morgan fingerprint density at radius 3 is 3.31 bits per heavy atom. The van der Waals surface area contributed by atoms with Crippen molar-refractivity contribution in [3.63, 3.8) is 0 Å². The molecule has 0 aromatic carbocycles. The van der Waals surface area contributed by atoms with Gasteiger partial charge in [0.15, 0.2) is 0 Å². The summed E-state index contributed by atoms with van der Waals surface area (Å²) in [5.41, 5.74) is 1.27. The Kier molecular flexibility index (Phi) is 1.54. The molecule has 0 bridgehead atoms. The van der Waals surface area contributed by atoms with Crippen LogP contribution in [0.3, 0.4) is 0 Å². The van der Waals surface area contributed by atoms with Gasteiger partial charge < -0.3 is 5.32 Å². The first-order valence-corrected chi connectivity index (χ1v) is 5.89. The molecule has 2 aliphatic heterocycles. The van der Waals surface area contributed by atoms with Gasteiger partial charge in [0, 0.05) is 5.92 Å². The number of hydrogen-bond donors (Lipinski definition) is 1. The SMILES string of the molecule is O=C1Nc2sccc2C2C=CSC12. The van der Waals surface area contributed by atoms with Crippen molar-refractivity contribution in [2.24, 2.45) is 0 Å². The quantitative estimate of drug-likeness (QED) is 0.711. The second kappa shape index (κ2) is 2.62. The fourth-order valence-electron chi connectivity index (χ4n) is 1.76. The first-order chi connectivity index (χ1) is 6.36. The Balaban J connectivity index is 2.14. The molecule has 0 saturated heterocycles. The lowest BCUT2D eigenvalue weighted by molar-refractivity contribution is -0.116. The number of fused-ring (bicyclic) bond motifs is 3. The molecule has 2 unspecified atom stereocenters. The first-order valence-electron chi connectivity index (χ1n) is 4.06. The zero-order valence-corrected chi connectivity index (χ0v) is 8.32. The van der Waals surface area contributed by atoms with Crippen LogP contribution >= 0.6 is 23.1 Å². The number of nitrogens with one attached hydrogen (secondary N) is 1. The number of carbonyl (C=O) groups is 1. The van der Waals surface area contributed by atoms with Crippen LogP contribution in [0.4, 0.5) is 5.00 Å². The Bertz CT molecular complexity index is 396. The highest BCUT2D eigenvalue weighted by atomic mass is 32.2. The number of carbonyl (C=O) groups excluding carboxylic acids is 1. The number of rotatable bonds is 0. The second-order valence-electron chi connectivity index (χ2n) is 3.11. The summed E-state index contributed by atoms with van der Waals surface area (Å²) in [6, 6.07) is 2.10. The summed E-state index contributed by atoms with van der Waals surface area (Å²) in [4.78, 5) is 11.6. The zero-order valence-electron chi connectivity index (χ0n) is 6.69. The van der Waals surface area contributed by atoms with Gasteiger partial charge in [-0.3, -0.25) is 4.79 Å². The molecule has 1 amide bonds. The second-order valence-corrected chi connectivity index (χ2v) is 5.07. The summed E-state index contributed by atoms with van der Waals surface area (Å²) in [6.07, 6.45) is 2.12. The molecule has 0 spiro atoms. The average Bonchev–Trinajstić information content (AvgIpc) is 2.66. The van der Waals surface area contributed by atoms with E-state index in [1.165, 1.54) is 5.56 Å². The first kappa shape index (κ1) is 7.64. The highest BCUT2D eigenvalue weighted by molar-refractivity contribution is 8.03. The summed E-state index contributed by atoms with van der Waals surface area (Å²) < 4.78 is 0. The van der Waals surface area contributed by atoms with Gasteiger partial charge in [-0.1, -0.05) is 6.08 Å². The molecule has 3 rings (SSSR count). The van der Waals surface area contributed by atoms with E-state index < -0.39 is 0 Å². The molecule has 0 radical (unpaired) electrons. The maximum Gasteiger partial charge on any atom is 0.239 e. The van der Waals surface area contributed by atoms with Crippen molar-refractivity contribution in [2.45, 2.75) is 11.2 Å². The van der Waals surface area contributed by atoms with Crippen LogP contribution in [0.2, 0.25) is 0 Å². The summed E-state index contributed by atoms with van der Waals surface area (Å²) in [6.45, 7) is 0. The minimum absolute atomic E-state index is 0.0714. The highest BCUT2D eigenvalue weighted by Gasteiger charge is 2.37. The van der Waals surface area contributed by atoms with Crippen molar-refractivity contribution in [3.05, 3.63) is 28.5 Å². The largest absolute Gasteiger partial charge is 0.316 e. The lowest BCUT2D eigenvalue weighted by Crippen LogP contribution is -2.32. The van der Waals surface area contributed by atoms with Gasteiger partial charge in [-0.05, 0) is 22.4 Å². The minimum Gasteiger partial charge on any atom is -0.316 e. The number of anilines is 1. The molecule has 2 aliphatic rings. The molecular formula is C9H7NOS2. The molecule has 0 fully saturated rings. The smallest absolute Gasteiger partial charge is 0.239 e. The number of thiophene rings is 1. The maximum absolute atomic E-state index is 11.6. The maximum atomic E-state index is 11.6. The van der Waals surface area contributed by atoms with Crippen LogP contribution in [0.25, 0.3) is 0 Å². The van der Waals surface area contributed by atoms with Gasteiger partial charge in [-0.25, -0.2) is 0 Å². The lowest BCUT2D eigenvalue weighted by Gasteiger charge is -2.23. The third kappa shape index (κ3) is 0.988. The molecule has 2 nitrogen and oxygen atoms in total. The summed E-state index contributed by atoms with van der Waals surface area (Å²) in [5.74, 6) is 0.454. The van der Waals surface area contributed by atoms with E-state index in [1.807, 2.05) is 10.8 Å². The van der Waals surface area contributed by atoms with E-state index in [0.29, 0.717) is 5.92 Å². The molecule has 1 aromatic rings. The van der Waals surface area contributed by atoms with Crippen LogP contribution in [0.1, 0.15) is 11.5 Å². The predicted molar refractivity (Wildman–Crippen MR) is 56.2 cm³/mol. The van der Waals surface area contributed by atoms with Crippen LogP contribution in [-0.2, 0) is 4.79 Å². The van der Waals surface area contributed by atoms with Crippen LogP contribution < -0.4 is 5.32 Å². The van der Waals surface area contributed by atoms with E-state index in [1.54, 1.807) is 23.1 Å². The molecular weight excluding hydrogens is 202 g/mol. The summed E-state index contributed by atoms with van der Waals surface area (Å²) in [5, 5.41) is 8.09. The predicted octanol–water partition coefficient (Wildman–Crippen LogP) is 2.41. The summed E-state index contributed by atoms with van der Waals surface area (Å²) >= 11 is 3.22. The fraction of sp³-hybridized carbons (Fsp3) is 0.222. The van der Waals surface area contributed by atoms with Crippen molar-refractivity contribution >= 4 is 34.0 Å². The number of thioether (sulfide) groups is 1. The van der Waals surface area contributed by atoms with Crippen molar-refractivity contribution in [2.75, 3.05) is 5.32 Å². The van der Waals surface area contributed by atoms with Gasteiger partial charge in [0.1, 0.15) is 0 Å². The van der Waals surface area contributed by atoms with Crippen molar-refractivity contribution in [1.82, 2.24) is 0 Å². The molecule has 0 saturated carbocycles. The topological polar surface area (TPSA) is 29.1 Å². The van der Waals surface area contributed by atoms with Gasteiger partial charge in [-0.15, -0.1) is 23.1 Å². The Morgan fingerprint density at radius 2 is 2.38 bits per heavy atom. The summed E-state index contributed by atoms with van der Waals surface area (Å²) in [7, 11) is 0. The molecule has 66 valence electrons. The van der Waals surface area contributed by atoms with Gasteiger partial charge in [0.25, 0.3) is 0 Å². The van der Waals surface area contributed by atoms with E-state index in [4.69, 9.17) is 0 Å². The van der Waals surface area contributed by atoms with Crippen molar-refractivity contribution in [1.29, 1.82) is 0 Å². The Hall–Kier alpha value is -0.740. The van der Waals surface area contributed by atoms with Gasteiger partial charge >= 0.3 is 0 Å². The zero-order chi connectivity index (χ0) is 8.84. The molecule has 0 aliphatic carbocycles. The molecule has 2 atom stereocenters. The van der Waals surface area contributed by atoms with E-state index in [0.717, 1.165) is 5.00 Å². The van der Waals surface area contributed by atoms with Crippen LogP contribution in [0.5, 0.6) is 0 Å². The molecule has 13 heavy (non-hydrogen) atoms. The van der Waals surface area contributed by atoms with E-state index in [-0.39, 0.29) is 11.2 Å². The van der Waals surface area contributed by atoms with Gasteiger partial charge in [-0.2, -0.15) is 0 Å². The molecule has 1 aromatic heterocycles. The number of hydrogen-bond acceptors (Lipinski definition) is 3. The van der Waals surface area contributed by atoms with Gasteiger partial charge in [0.05, 0.1) is 10.3 Å². The minimum atomic E-state index is 0.0714. The highest BCUT2D eigenvalue weighted by Crippen LogP contribution is 2.45. The van der Waals surface area contributed by atoms with Crippen LogP contribution in [0.15, 0.2) is 22.9 Å².